The van der Waals surface area contributed by atoms with E-state index in [-0.39, 0.29) is 47.4 Å². The van der Waals surface area contributed by atoms with Crippen molar-refractivity contribution in [2.45, 2.75) is 33.6 Å². The lowest BCUT2D eigenvalue weighted by Crippen LogP contribution is -2.37. The first-order valence-electron chi connectivity index (χ1n) is 9.60. The lowest BCUT2D eigenvalue weighted by Gasteiger charge is -2.31. The summed E-state index contributed by atoms with van der Waals surface area (Å²) in [5.41, 5.74) is 6.86. The molecule has 1 aromatic rings. The van der Waals surface area contributed by atoms with Crippen molar-refractivity contribution in [3.05, 3.63) is 29.6 Å². The van der Waals surface area contributed by atoms with Crippen molar-refractivity contribution in [2.24, 2.45) is 23.7 Å². The van der Waals surface area contributed by atoms with Gasteiger partial charge in [-0.05, 0) is 36.7 Å². The first kappa shape index (κ1) is 19.3. The summed E-state index contributed by atoms with van der Waals surface area (Å²) >= 11 is 0. The van der Waals surface area contributed by atoms with E-state index in [2.05, 4.69) is 22.1 Å². The highest BCUT2D eigenvalue weighted by Crippen LogP contribution is 2.40. The topological polar surface area (TPSA) is 98.4 Å². The average molecular weight is 372 g/mol. The number of fused-ring (bicyclic) bond motifs is 1. The van der Waals surface area contributed by atoms with Gasteiger partial charge in [-0.25, -0.2) is 9.97 Å². The number of esters is 1. The quantitative estimate of drug-likeness (QED) is 0.643. The number of hydrogen-bond donors (Lipinski definition) is 1. The Labute approximate surface area is 160 Å². The Kier molecular flexibility index (Phi) is 5.48. The molecular formula is C20H28N4O3. The van der Waals surface area contributed by atoms with Crippen LogP contribution >= 0.6 is 0 Å². The third-order valence-electron chi connectivity index (χ3n) is 5.52. The molecule has 2 heterocycles. The summed E-state index contributed by atoms with van der Waals surface area (Å²) in [5.74, 6) is 0.0252. The molecule has 2 aliphatic rings. The van der Waals surface area contributed by atoms with Crippen LogP contribution in [0.4, 0.5) is 5.95 Å². The number of ether oxygens (including phenoxy) is 1. The number of likely N-dealkylation sites (tertiary alicyclic amines) is 1. The molecule has 0 spiro atoms. The maximum Gasteiger partial charge on any atom is 0.309 e. The monoisotopic (exact) mass is 372 g/mol. The largest absolute Gasteiger partial charge is 0.466 e. The smallest absolute Gasteiger partial charge is 0.309 e. The van der Waals surface area contributed by atoms with Crippen molar-refractivity contribution in [3.63, 3.8) is 0 Å². The predicted molar refractivity (Wildman–Crippen MR) is 102 cm³/mol. The summed E-state index contributed by atoms with van der Waals surface area (Å²) in [6.45, 7) is 9.29. The van der Waals surface area contributed by atoms with Crippen LogP contribution in [0.15, 0.2) is 18.2 Å². The van der Waals surface area contributed by atoms with Gasteiger partial charge >= 0.3 is 5.97 Å². The second kappa shape index (κ2) is 7.66. The van der Waals surface area contributed by atoms with Crippen LogP contribution in [-0.2, 0) is 9.53 Å². The summed E-state index contributed by atoms with van der Waals surface area (Å²) in [7, 11) is 0. The Morgan fingerprint density at radius 3 is 2.70 bits per heavy atom. The summed E-state index contributed by atoms with van der Waals surface area (Å²) in [4.78, 5) is 35.6. The molecule has 1 saturated heterocycles. The molecule has 146 valence electrons. The molecule has 0 saturated carbocycles. The van der Waals surface area contributed by atoms with Gasteiger partial charge in [0.1, 0.15) is 5.69 Å². The van der Waals surface area contributed by atoms with Gasteiger partial charge in [0, 0.05) is 18.8 Å². The number of aromatic nitrogens is 2. The molecule has 2 N–H and O–H groups in total. The number of nitrogen functional groups attached to an aromatic ring is 1. The van der Waals surface area contributed by atoms with Gasteiger partial charge in [0.25, 0.3) is 5.91 Å². The molecule has 27 heavy (non-hydrogen) atoms. The molecule has 1 aromatic heterocycles. The van der Waals surface area contributed by atoms with Crippen LogP contribution in [0.3, 0.4) is 0 Å². The number of allylic oxidation sites excluding steroid dienone is 1. The van der Waals surface area contributed by atoms with Crippen molar-refractivity contribution in [2.75, 3.05) is 25.4 Å². The maximum absolute atomic E-state index is 13.0. The highest BCUT2D eigenvalue weighted by atomic mass is 16.5. The van der Waals surface area contributed by atoms with E-state index in [1.165, 1.54) is 0 Å². The Balaban J connectivity index is 1.82. The minimum Gasteiger partial charge on any atom is -0.466 e. The fraction of sp³-hybridized carbons (Fsp3) is 0.600. The normalized spacial score (nSPS) is 26.9. The minimum atomic E-state index is -0.223. The number of amides is 1. The zero-order chi connectivity index (χ0) is 19.7. The van der Waals surface area contributed by atoms with E-state index in [0.29, 0.717) is 25.4 Å². The van der Waals surface area contributed by atoms with E-state index in [1.807, 2.05) is 27.7 Å². The second-order valence-corrected chi connectivity index (χ2v) is 7.75. The molecule has 0 bridgehead atoms. The van der Waals surface area contributed by atoms with Gasteiger partial charge in [-0.1, -0.05) is 32.9 Å². The molecule has 1 fully saturated rings. The van der Waals surface area contributed by atoms with Gasteiger partial charge in [-0.3, -0.25) is 9.59 Å². The van der Waals surface area contributed by atoms with Crippen LogP contribution in [0.1, 0.15) is 49.8 Å². The van der Waals surface area contributed by atoms with Crippen molar-refractivity contribution in [3.8, 4) is 0 Å². The van der Waals surface area contributed by atoms with Crippen LogP contribution in [0.5, 0.6) is 0 Å². The molecule has 7 nitrogen and oxygen atoms in total. The van der Waals surface area contributed by atoms with E-state index in [0.717, 1.165) is 5.69 Å². The van der Waals surface area contributed by atoms with Crippen LogP contribution in [0.2, 0.25) is 0 Å². The minimum absolute atomic E-state index is 0.0664. The highest BCUT2D eigenvalue weighted by molar-refractivity contribution is 5.93. The Bertz CT molecular complexity index is 762. The molecule has 4 atom stereocenters. The van der Waals surface area contributed by atoms with Crippen molar-refractivity contribution in [1.29, 1.82) is 0 Å². The van der Waals surface area contributed by atoms with Crippen LogP contribution in [0, 0.1) is 23.7 Å². The summed E-state index contributed by atoms with van der Waals surface area (Å²) in [5, 5.41) is 0. The lowest BCUT2D eigenvalue weighted by molar-refractivity contribution is -0.152. The first-order valence-corrected chi connectivity index (χ1v) is 9.60. The molecule has 0 radical (unpaired) electrons. The molecule has 1 aliphatic carbocycles. The van der Waals surface area contributed by atoms with Crippen molar-refractivity contribution >= 4 is 17.8 Å². The number of rotatable bonds is 4. The number of carbonyl (C=O) groups excluding carboxylic acids is 2. The van der Waals surface area contributed by atoms with Gasteiger partial charge in [0.05, 0.1) is 12.5 Å². The zero-order valence-corrected chi connectivity index (χ0v) is 16.4. The fourth-order valence-corrected chi connectivity index (χ4v) is 4.11. The fourth-order valence-electron chi connectivity index (χ4n) is 4.11. The molecule has 3 rings (SSSR count). The number of nitrogens with two attached hydrogens (primary N) is 1. The SMILES string of the molecule is CCOC(=O)[C@H]1[C@@H]2CN(C(=O)c3cc(C(C)C)nc(N)n3)C[C@@H]2C=C[C@@H]1C. The molecular weight excluding hydrogens is 344 g/mol. The Morgan fingerprint density at radius 1 is 1.30 bits per heavy atom. The van der Waals surface area contributed by atoms with Crippen molar-refractivity contribution < 1.29 is 14.3 Å². The standard InChI is InChI=1S/C20H28N4O3/c1-5-27-19(26)17-12(4)6-7-13-9-24(10-14(13)17)18(25)16-8-15(11(2)3)22-20(21)23-16/h6-8,11-14,17H,5,9-10H2,1-4H3,(H2,21,22,23)/t12-,13-,14+,17+/m0/s1. The highest BCUT2D eigenvalue weighted by Gasteiger charge is 2.46. The number of carbonyl (C=O) groups is 2. The van der Waals surface area contributed by atoms with Gasteiger partial charge < -0.3 is 15.4 Å². The molecule has 0 aromatic carbocycles. The summed E-state index contributed by atoms with van der Waals surface area (Å²) in [6, 6.07) is 1.71. The second-order valence-electron chi connectivity index (χ2n) is 7.75. The summed E-state index contributed by atoms with van der Waals surface area (Å²) < 4.78 is 5.28. The van der Waals surface area contributed by atoms with E-state index in [4.69, 9.17) is 10.5 Å². The zero-order valence-electron chi connectivity index (χ0n) is 16.4. The Hall–Kier alpha value is -2.44. The molecule has 0 unspecified atom stereocenters. The summed E-state index contributed by atoms with van der Waals surface area (Å²) in [6.07, 6.45) is 4.20. The first-order chi connectivity index (χ1) is 12.8. The van der Waals surface area contributed by atoms with Gasteiger partial charge in [0.2, 0.25) is 5.95 Å². The van der Waals surface area contributed by atoms with Crippen LogP contribution in [-0.4, -0.2) is 46.4 Å². The van der Waals surface area contributed by atoms with Crippen LogP contribution in [0.25, 0.3) is 0 Å². The van der Waals surface area contributed by atoms with Gasteiger partial charge in [-0.15, -0.1) is 0 Å². The lowest BCUT2D eigenvalue weighted by atomic mass is 9.72. The number of hydrogen-bond acceptors (Lipinski definition) is 6. The van der Waals surface area contributed by atoms with E-state index >= 15 is 0 Å². The molecule has 1 aliphatic heterocycles. The average Bonchev–Trinajstić information content (AvgIpc) is 3.04. The predicted octanol–water partition coefficient (Wildman–Crippen LogP) is 2.26. The molecule has 7 heteroatoms. The Morgan fingerprint density at radius 2 is 2.04 bits per heavy atom. The van der Waals surface area contributed by atoms with Crippen molar-refractivity contribution in [1.82, 2.24) is 14.9 Å². The van der Waals surface area contributed by atoms with Crippen LogP contribution < -0.4 is 5.73 Å². The van der Waals surface area contributed by atoms with Gasteiger partial charge in [-0.2, -0.15) is 0 Å². The van der Waals surface area contributed by atoms with Gasteiger partial charge in [0.15, 0.2) is 0 Å². The third-order valence-corrected chi connectivity index (χ3v) is 5.52. The van der Waals surface area contributed by atoms with E-state index < -0.39 is 0 Å². The molecule has 1 amide bonds. The maximum atomic E-state index is 13.0. The van der Waals surface area contributed by atoms with E-state index in [9.17, 15) is 9.59 Å². The van der Waals surface area contributed by atoms with E-state index in [1.54, 1.807) is 11.0 Å². The third kappa shape index (κ3) is 3.82. The number of nitrogens with zero attached hydrogens (tertiary/aromatic N) is 3. The number of anilines is 1.